The smallest absolute Gasteiger partial charge is 0.255 e. The van der Waals surface area contributed by atoms with Crippen molar-refractivity contribution in [3.8, 4) is 5.75 Å². The Morgan fingerprint density at radius 2 is 2.26 bits per heavy atom. The summed E-state index contributed by atoms with van der Waals surface area (Å²) in [4.78, 5) is 15.9. The second-order valence-corrected chi connectivity index (χ2v) is 6.96. The molecule has 2 rings (SSSR count). The van der Waals surface area contributed by atoms with Gasteiger partial charge in [0.05, 0.1) is 12.7 Å². The van der Waals surface area contributed by atoms with Crippen LogP contribution in [0.3, 0.4) is 0 Å². The maximum atomic E-state index is 12.6. The fraction of sp³-hybridized carbons (Fsp3) is 0.588. The van der Waals surface area contributed by atoms with Crippen molar-refractivity contribution in [3.05, 3.63) is 17.7 Å². The number of ether oxygens (including phenoxy) is 1. The van der Waals surface area contributed by atoms with Gasteiger partial charge in [0, 0.05) is 29.2 Å². The number of likely N-dealkylation sites (N-methyl/N-ethyl adjacent to an activating group) is 1. The maximum absolute atomic E-state index is 12.6. The number of thioether (sulfide) groups is 1. The summed E-state index contributed by atoms with van der Waals surface area (Å²) in [5.41, 5.74) is 7.23. The molecule has 0 radical (unpaired) electrons. The molecular formula is C17H27N3O2S. The van der Waals surface area contributed by atoms with Gasteiger partial charge >= 0.3 is 0 Å². The maximum Gasteiger partial charge on any atom is 0.255 e. The van der Waals surface area contributed by atoms with E-state index in [1.54, 1.807) is 24.9 Å². The van der Waals surface area contributed by atoms with Crippen molar-refractivity contribution in [2.24, 2.45) is 0 Å². The van der Waals surface area contributed by atoms with Gasteiger partial charge in [0.15, 0.2) is 0 Å². The first-order valence-electron chi connectivity index (χ1n) is 8.23. The SMILES string of the molecule is CCSc1cc(C(=O)NC[C@@H]2CCCN2CC)c(OC)cc1N. The summed E-state index contributed by atoms with van der Waals surface area (Å²) in [7, 11) is 1.56. The highest BCUT2D eigenvalue weighted by atomic mass is 32.2. The summed E-state index contributed by atoms with van der Waals surface area (Å²) in [5.74, 6) is 1.34. The van der Waals surface area contributed by atoms with Crippen molar-refractivity contribution in [2.75, 3.05) is 38.2 Å². The van der Waals surface area contributed by atoms with Crippen LogP contribution in [0.1, 0.15) is 37.0 Å². The molecule has 1 aromatic carbocycles. The van der Waals surface area contributed by atoms with Crippen molar-refractivity contribution >= 4 is 23.4 Å². The topological polar surface area (TPSA) is 67.6 Å². The largest absolute Gasteiger partial charge is 0.496 e. The zero-order valence-corrected chi connectivity index (χ0v) is 15.0. The number of nitrogens with one attached hydrogen (secondary N) is 1. The molecule has 23 heavy (non-hydrogen) atoms. The third kappa shape index (κ3) is 4.32. The number of rotatable bonds is 7. The Morgan fingerprint density at radius 3 is 2.91 bits per heavy atom. The number of carbonyl (C=O) groups is 1. The molecule has 5 nitrogen and oxygen atoms in total. The summed E-state index contributed by atoms with van der Waals surface area (Å²) in [5, 5.41) is 3.06. The zero-order valence-electron chi connectivity index (χ0n) is 14.2. The Labute approximate surface area is 142 Å². The summed E-state index contributed by atoms with van der Waals surface area (Å²) >= 11 is 1.63. The Balaban J connectivity index is 2.09. The van der Waals surface area contributed by atoms with Crippen LogP contribution in [0, 0.1) is 0 Å². The minimum Gasteiger partial charge on any atom is -0.496 e. The van der Waals surface area contributed by atoms with Crippen LogP contribution in [0.25, 0.3) is 0 Å². The van der Waals surface area contributed by atoms with E-state index in [2.05, 4.69) is 24.1 Å². The standard InChI is InChI=1S/C17H27N3O2S/c1-4-20-8-6-7-12(20)11-19-17(21)13-9-16(23-5-2)14(18)10-15(13)22-3/h9-10,12H,4-8,11,18H2,1-3H3,(H,19,21)/t12-/m0/s1. The highest BCUT2D eigenvalue weighted by Gasteiger charge is 2.24. The van der Waals surface area contributed by atoms with E-state index in [4.69, 9.17) is 10.5 Å². The number of likely N-dealkylation sites (tertiary alicyclic amines) is 1. The number of nitrogens with zero attached hydrogens (tertiary/aromatic N) is 1. The highest BCUT2D eigenvalue weighted by molar-refractivity contribution is 7.99. The molecule has 1 atom stereocenters. The van der Waals surface area contributed by atoms with Crippen LogP contribution in [0.4, 0.5) is 5.69 Å². The lowest BCUT2D eigenvalue weighted by atomic mass is 10.1. The first-order chi connectivity index (χ1) is 11.1. The molecule has 0 aliphatic carbocycles. The number of nitrogens with two attached hydrogens (primary N) is 1. The first kappa shape index (κ1) is 17.9. The van der Waals surface area contributed by atoms with Gasteiger partial charge in [-0.1, -0.05) is 13.8 Å². The van der Waals surface area contributed by atoms with Crippen LogP contribution in [-0.4, -0.2) is 49.3 Å². The van der Waals surface area contributed by atoms with Gasteiger partial charge in [-0.2, -0.15) is 0 Å². The molecule has 0 saturated carbocycles. The minimum absolute atomic E-state index is 0.0947. The molecule has 3 N–H and O–H groups in total. The Bertz CT molecular complexity index is 551. The molecule has 1 saturated heterocycles. The van der Waals surface area contributed by atoms with E-state index in [9.17, 15) is 4.79 Å². The highest BCUT2D eigenvalue weighted by Crippen LogP contribution is 2.32. The predicted molar refractivity (Wildman–Crippen MR) is 96.4 cm³/mol. The van der Waals surface area contributed by atoms with E-state index in [0.717, 1.165) is 30.2 Å². The number of carbonyl (C=O) groups excluding carboxylic acids is 1. The molecule has 1 fully saturated rings. The quantitative estimate of drug-likeness (QED) is 0.591. The normalized spacial score (nSPS) is 18.1. The van der Waals surface area contributed by atoms with Crippen molar-refractivity contribution in [3.63, 3.8) is 0 Å². The molecule has 1 aromatic rings. The molecule has 0 aromatic heterocycles. The molecule has 0 unspecified atom stereocenters. The van der Waals surface area contributed by atoms with Crippen molar-refractivity contribution in [1.82, 2.24) is 10.2 Å². The number of benzene rings is 1. The van der Waals surface area contributed by atoms with Gasteiger partial charge in [0.1, 0.15) is 5.75 Å². The Kier molecular flexibility index (Phi) is 6.59. The monoisotopic (exact) mass is 337 g/mol. The van der Waals surface area contributed by atoms with E-state index in [-0.39, 0.29) is 5.91 Å². The lowest BCUT2D eigenvalue weighted by molar-refractivity contribution is 0.0938. The van der Waals surface area contributed by atoms with E-state index in [0.29, 0.717) is 29.6 Å². The minimum atomic E-state index is -0.0947. The average molecular weight is 337 g/mol. The van der Waals surface area contributed by atoms with Crippen LogP contribution in [-0.2, 0) is 0 Å². The van der Waals surface area contributed by atoms with E-state index in [1.807, 2.05) is 6.07 Å². The van der Waals surface area contributed by atoms with Crippen molar-refractivity contribution < 1.29 is 9.53 Å². The second-order valence-electron chi connectivity index (χ2n) is 5.66. The average Bonchev–Trinajstić information content (AvgIpc) is 3.01. The Hall–Kier alpha value is -1.40. The van der Waals surface area contributed by atoms with Crippen molar-refractivity contribution in [1.29, 1.82) is 0 Å². The van der Waals surface area contributed by atoms with Gasteiger partial charge in [-0.15, -0.1) is 11.8 Å². The summed E-state index contributed by atoms with van der Waals surface area (Å²) in [6.07, 6.45) is 2.35. The Morgan fingerprint density at radius 1 is 1.48 bits per heavy atom. The number of anilines is 1. The van der Waals surface area contributed by atoms with Crippen LogP contribution in [0.5, 0.6) is 5.75 Å². The number of hydrogen-bond donors (Lipinski definition) is 2. The number of methoxy groups -OCH3 is 1. The number of amides is 1. The lowest BCUT2D eigenvalue weighted by Crippen LogP contribution is -2.40. The molecule has 1 heterocycles. The van der Waals surface area contributed by atoms with Crippen LogP contribution in [0.15, 0.2) is 17.0 Å². The van der Waals surface area contributed by atoms with Crippen molar-refractivity contribution in [2.45, 2.75) is 37.6 Å². The van der Waals surface area contributed by atoms with Crippen LogP contribution >= 0.6 is 11.8 Å². The van der Waals surface area contributed by atoms with Gasteiger partial charge in [0.25, 0.3) is 5.91 Å². The molecule has 1 aliphatic heterocycles. The van der Waals surface area contributed by atoms with E-state index >= 15 is 0 Å². The fourth-order valence-electron chi connectivity index (χ4n) is 3.05. The summed E-state index contributed by atoms with van der Waals surface area (Å²) in [6, 6.07) is 4.01. The summed E-state index contributed by atoms with van der Waals surface area (Å²) < 4.78 is 5.33. The van der Waals surface area contributed by atoms with Crippen LogP contribution in [0.2, 0.25) is 0 Å². The molecule has 1 amide bonds. The second kappa shape index (κ2) is 8.45. The number of nitrogen functional groups attached to an aromatic ring is 1. The molecule has 6 heteroatoms. The zero-order chi connectivity index (χ0) is 16.8. The van der Waals surface area contributed by atoms with Gasteiger partial charge < -0.3 is 15.8 Å². The third-order valence-electron chi connectivity index (χ3n) is 4.28. The molecular weight excluding hydrogens is 310 g/mol. The molecule has 128 valence electrons. The molecule has 0 spiro atoms. The van der Waals surface area contributed by atoms with Gasteiger partial charge in [-0.05, 0) is 37.8 Å². The summed E-state index contributed by atoms with van der Waals surface area (Å²) in [6.45, 7) is 7.06. The predicted octanol–water partition coefficient (Wildman–Crippen LogP) is 2.60. The van der Waals surface area contributed by atoms with Crippen LogP contribution < -0.4 is 15.8 Å². The van der Waals surface area contributed by atoms with Gasteiger partial charge in [0.2, 0.25) is 0 Å². The first-order valence-corrected chi connectivity index (χ1v) is 9.21. The lowest BCUT2D eigenvalue weighted by Gasteiger charge is -2.23. The number of hydrogen-bond acceptors (Lipinski definition) is 5. The third-order valence-corrected chi connectivity index (χ3v) is 5.23. The van der Waals surface area contributed by atoms with Gasteiger partial charge in [-0.25, -0.2) is 0 Å². The molecule has 1 aliphatic rings. The van der Waals surface area contributed by atoms with E-state index < -0.39 is 0 Å². The molecule has 0 bridgehead atoms. The van der Waals surface area contributed by atoms with E-state index in [1.165, 1.54) is 6.42 Å². The fourth-order valence-corrected chi connectivity index (χ4v) is 3.79. The van der Waals surface area contributed by atoms with Gasteiger partial charge in [-0.3, -0.25) is 9.69 Å².